The maximum absolute atomic E-state index is 12.6. The zero-order valence-electron chi connectivity index (χ0n) is 37.2. The van der Waals surface area contributed by atoms with Gasteiger partial charge >= 0.3 is 5.97 Å². The molecule has 19 atom stereocenters. The largest absolute Gasteiger partial charge is 0.462 e. The highest BCUT2D eigenvalue weighted by atomic mass is 16.7. The van der Waals surface area contributed by atoms with Crippen LogP contribution in [-0.2, 0) is 23.7 Å². The van der Waals surface area contributed by atoms with Crippen molar-refractivity contribution in [3.63, 3.8) is 0 Å². The minimum atomic E-state index is -2.08. The van der Waals surface area contributed by atoms with Crippen molar-refractivity contribution in [1.82, 2.24) is 0 Å². The molecule has 0 spiro atoms. The van der Waals surface area contributed by atoms with Crippen LogP contribution in [0.4, 0.5) is 0 Å². The summed E-state index contributed by atoms with van der Waals surface area (Å²) in [5, 5.41) is 108. The van der Waals surface area contributed by atoms with Crippen LogP contribution in [0.15, 0.2) is 85.1 Å². The van der Waals surface area contributed by atoms with Crippen LogP contribution in [0.25, 0.3) is 0 Å². The third-order valence-corrected chi connectivity index (χ3v) is 12.1. The lowest BCUT2D eigenvalue weighted by Gasteiger charge is -2.46. The van der Waals surface area contributed by atoms with E-state index < -0.39 is 128 Å². The number of aliphatic hydroxyl groups is 10. The van der Waals surface area contributed by atoms with Gasteiger partial charge in [-0.25, -0.2) is 0 Å². The van der Waals surface area contributed by atoms with Crippen LogP contribution in [0.5, 0.6) is 0 Å². The zero-order valence-corrected chi connectivity index (χ0v) is 37.2. The van der Waals surface area contributed by atoms with E-state index in [2.05, 4.69) is 0 Å². The second-order valence-corrected chi connectivity index (χ2v) is 17.6. The quantitative estimate of drug-likeness (QED) is 0.176. The van der Waals surface area contributed by atoms with Gasteiger partial charge in [-0.05, 0) is 39.5 Å². The number of nitrogens with two attached hydrogens (primary N) is 1. The molecule has 3 aliphatic heterocycles. The predicted octanol–water partition coefficient (Wildman–Crippen LogP) is 1.65. The highest BCUT2D eigenvalue weighted by Gasteiger charge is 2.47. The molecule has 0 aliphatic carbocycles. The smallest absolute Gasteiger partial charge is 0.308 e. The van der Waals surface area contributed by atoms with Crippen LogP contribution in [-0.4, -0.2) is 155 Å². The number of cyclic esters (lactones) is 1. The molecule has 6 unspecified atom stereocenters. The topological polar surface area (TPSA) is 282 Å². The lowest BCUT2D eigenvalue weighted by atomic mass is 9.83. The molecule has 12 N–H and O–H groups in total. The van der Waals surface area contributed by atoms with E-state index in [0.717, 1.165) is 0 Å². The Balaban J connectivity index is 1.81. The normalized spacial score (nSPS) is 46.6. The van der Waals surface area contributed by atoms with E-state index in [4.69, 9.17) is 24.7 Å². The lowest BCUT2D eigenvalue weighted by Crippen LogP contribution is -2.61. The van der Waals surface area contributed by atoms with Crippen molar-refractivity contribution in [3.05, 3.63) is 85.1 Å². The first-order chi connectivity index (χ1) is 29.7. The van der Waals surface area contributed by atoms with E-state index in [1.807, 2.05) is 61.6 Å². The van der Waals surface area contributed by atoms with E-state index in [-0.39, 0.29) is 44.4 Å². The Kier molecular flexibility index (Phi) is 23.2. The van der Waals surface area contributed by atoms with Gasteiger partial charge in [-0.3, -0.25) is 4.79 Å². The molecule has 3 heterocycles. The van der Waals surface area contributed by atoms with Crippen LogP contribution in [0.1, 0.15) is 86.0 Å². The van der Waals surface area contributed by atoms with Crippen molar-refractivity contribution in [1.29, 1.82) is 0 Å². The molecule has 63 heavy (non-hydrogen) atoms. The molecule has 3 aliphatic rings. The third kappa shape index (κ3) is 18.5. The predicted molar refractivity (Wildman–Crippen MR) is 235 cm³/mol. The molecule has 0 saturated carbocycles. The molecule has 0 amide bonds. The summed E-state index contributed by atoms with van der Waals surface area (Å²) >= 11 is 0. The first kappa shape index (κ1) is 54.4. The standard InChI is InChI=1S/C47H75NO15/c1-28-18-16-14-12-10-8-6-7-9-11-13-15-17-19-36(62-46-45(58)42(48)44(57)32(5)61-46)25-40-30(3)38(53)26-47(59,63-40)27-39(54)37(52)21-20-33(49)22-34(50)23-35(51)24-41(55)60-31(4)29(2)43(28)56/h6-19,28-40,42-46,49-54,56-59H,20-27,48H2,1-5H3/b7-6-,10-8-,11-9-,14-12-,15-13-,18-16-,19-17-/t28-,29-,30+,31-,32?,33+,34+,35+,36-,37+,38-,39+,40?,42?,43+,44?,45?,46?,47-/m0/s1. The van der Waals surface area contributed by atoms with E-state index in [1.165, 1.54) is 0 Å². The number of carbonyl (C=O) groups excluding carboxylic acids is 1. The van der Waals surface area contributed by atoms with E-state index in [0.29, 0.717) is 0 Å². The SMILES string of the molecule is CC1OC(O[C@H]2\C=C/C=C\C=C/C=C\C=C/C=C\C=C/[C@H](C)[C@@H](O)[C@@H](C)[C@H](C)OC(=O)C[C@H](O)C[C@H](O)C[C@H](O)CC[C@@H](O)[C@H](O)C[C@]3(O)C[C@H](O)[C@@H](C)C(C2)O3)C(O)C(N)C1O. The molecule has 2 saturated heterocycles. The number of carbonyl (C=O) groups is 1. The van der Waals surface area contributed by atoms with Crippen LogP contribution in [0, 0.1) is 17.8 Å². The summed E-state index contributed by atoms with van der Waals surface area (Å²) in [7, 11) is 0. The van der Waals surface area contributed by atoms with E-state index in [9.17, 15) is 55.9 Å². The highest BCUT2D eigenvalue weighted by Crippen LogP contribution is 2.38. The molecule has 16 heteroatoms. The number of ether oxygens (including phenoxy) is 4. The van der Waals surface area contributed by atoms with Crippen molar-refractivity contribution in [3.8, 4) is 0 Å². The Morgan fingerprint density at radius 1 is 0.603 bits per heavy atom. The van der Waals surface area contributed by atoms with Gasteiger partial charge in [0.15, 0.2) is 12.1 Å². The Morgan fingerprint density at radius 2 is 1.14 bits per heavy atom. The highest BCUT2D eigenvalue weighted by molar-refractivity contribution is 5.70. The third-order valence-electron chi connectivity index (χ3n) is 12.1. The van der Waals surface area contributed by atoms with Crippen molar-refractivity contribution >= 4 is 5.97 Å². The van der Waals surface area contributed by atoms with E-state index in [1.54, 1.807) is 58.1 Å². The first-order valence-corrected chi connectivity index (χ1v) is 22.2. The van der Waals surface area contributed by atoms with Gasteiger partial charge in [0, 0.05) is 37.0 Å². The fourth-order valence-corrected chi connectivity index (χ4v) is 7.79. The molecule has 0 aromatic heterocycles. The maximum Gasteiger partial charge on any atom is 0.308 e. The molecule has 16 nitrogen and oxygen atoms in total. The van der Waals surface area contributed by atoms with Gasteiger partial charge in [-0.15, -0.1) is 0 Å². The average molecular weight is 894 g/mol. The second kappa shape index (κ2) is 26.9. The minimum absolute atomic E-state index is 0.0428. The summed E-state index contributed by atoms with van der Waals surface area (Å²) in [4.78, 5) is 12.6. The Bertz CT molecular complexity index is 1570. The van der Waals surface area contributed by atoms with Gasteiger partial charge in [-0.1, -0.05) is 106 Å². The molecule has 358 valence electrons. The summed E-state index contributed by atoms with van der Waals surface area (Å²) in [6, 6.07) is -1.05. The Labute approximate surface area is 372 Å². The van der Waals surface area contributed by atoms with Gasteiger partial charge in [0.2, 0.25) is 0 Å². The van der Waals surface area contributed by atoms with Crippen LogP contribution in [0.3, 0.4) is 0 Å². The van der Waals surface area contributed by atoms with Gasteiger partial charge in [0.1, 0.15) is 12.2 Å². The Morgan fingerprint density at radius 3 is 1.75 bits per heavy atom. The molecule has 0 radical (unpaired) electrons. The number of rotatable bonds is 2. The fourth-order valence-electron chi connectivity index (χ4n) is 7.79. The van der Waals surface area contributed by atoms with Crippen LogP contribution in [0.2, 0.25) is 0 Å². The fraction of sp³-hybridized carbons (Fsp3) is 0.681. The van der Waals surface area contributed by atoms with Gasteiger partial charge in [-0.2, -0.15) is 0 Å². The van der Waals surface area contributed by atoms with Gasteiger partial charge < -0.3 is 75.7 Å². The van der Waals surface area contributed by atoms with Crippen LogP contribution < -0.4 is 5.73 Å². The second-order valence-electron chi connectivity index (χ2n) is 17.6. The molecule has 0 aromatic rings. The summed E-state index contributed by atoms with van der Waals surface area (Å²) < 4.78 is 23.5. The number of esters is 1. The summed E-state index contributed by atoms with van der Waals surface area (Å²) in [5.41, 5.74) is 6.05. The van der Waals surface area contributed by atoms with Crippen molar-refractivity contribution < 1.29 is 74.8 Å². The number of fused-ring (bicyclic) bond motifs is 2. The molecular weight excluding hydrogens is 819 g/mol. The molecular formula is C47H75NO15. The Hall–Kier alpha value is -2.91. The molecule has 2 fully saturated rings. The minimum Gasteiger partial charge on any atom is -0.462 e. The zero-order chi connectivity index (χ0) is 46.9. The van der Waals surface area contributed by atoms with Gasteiger partial charge in [0.05, 0.1) is 79.6 Å². The molecule has 0 aromatic carbocycles. The summed E-state index contributed by atoms with van der Waals surface area (Å²) in [5.74, 6) is -4.01. The number of aliphatic hydroxyl groups excluding tert-OH is 9. The average Bonchev–Trinajstić information content (AvgIpc) is 3.21. The maximum atomic E-state index is 12.6. The van der Waals surface area contributed by atoms with Crippen LogP contribution >= 0.6 is 0 Å². The van der Waals surface area contributed by atoms with Gasteiger partial charge in [0.25, 0.3) is 0 Å². The van der Waals surface area contributed by atoms with Crippen molar-refractivity contribution in [2.45, 2.75) is 183 Å². The summed E-state index contributed by atoms with van der Waals surface area (Å²) in [6.07, 6.45) is 8.08. The monoisotopic (exact) mass is 894 g/mol. The van der Waals surface area contributed by atoms with Crippen molar-refractivity contribution in [2.24, 2.45) is 23.5 Å². The van der Waals surface area contributed by atoms with E-state index >= 15 is 0 Å². The summed E-state index contributed by atoms with van der Waals surface area (Å²) in [6.45, 7) is 8.60. The van der Waals surface area contributed by atoms with Crippen molar-refractivity contribution in [2.75, 3.05) is 0 Å². The number of hydrogen-bond donors (Lipinski definition) is 11. The molecule has 3 rings (SSSR count). The molecule has 2 bridgehead atoms. The lowest BCUT2D eigenvalue weighted by molar-refractivity contribution is -0.310. The number of allylic oxidation sites excluding steroid dienone is 12. The first-order valence-electron chi connectivity index (χ1n) is 22.2. The number of hydrogen-bond acceptors (Lipinski definition) is 16.